The minimum atomic E-state index is -0.226. The first-order valence-electron chi connectivity index (χ1n) is 6.59. The van der Waals surface area contributed by atoms with Gasteiger partial charge in [-0.25, -0.2) is 4.98 Å². The van der Waals surface area contributed by atoms with Gasteiger partial charge in [0.2, 0.25) is 0 Å². The smallest absolute Gasteiger partial charge is 0.278 e. The van der Waals surface area contributed by atoms with Crippen LogP contribution < -0.4 is 10.7 Å². The number of nitrogens with two attached hydrogens (primary N) is 1. The van der Waals surface area contributed by atoms with E-state index in [0.717, 1.165) is 10.8 Å². The van der Waals surface area contributed by atoms with Crippen LogP contribution in [0.5, 0.6) is 0 Å². The fourth-order valence-corrected chi connectivity index (χ4v) is 3.29. The van der Waals surface area contributed by atoms with Crippen LogP contribution in [0.25, 0.3) is 0 Å². The van der Waals surface area contributed by atoms with E-state index in [0.29, 0.717) is 0 Å². The van der Waals surface area contributed by atoms with E-state index in [9.17, 15) is 0 Å². The van der Waals surface area contributed by atoms with E-state index in [-0.39, 0.29) is 5.41 Å². The molecule has 0 aliphatic heterocycles. The molecule has 0 aliphatic rings. The summed E-state index contributed by atoms with van der Waals surface area (Å²) in [4.78, 5) is 3.31. The normalized spacial score (nSPS) is 11.4. The molecule has 1 heterocycles. The fourth-order valence-electron chi connectivity index (χ4n) is 2.58. The monoisotopic (exact) mass is 281 g/mol. The number of anilines is 1. The Morgan fingerprint density at radius 2 is 1.40 bits per heavy atom. The molecular weight excluding hydrogens is 264 g/mol. The van der Waals surface area contributed by atoms with Gasteiger partial charge in [0.25, 0.3) is 0 Å². The van der Waals surface area contributed by atoms with Gasteiger partial charge in [0.05, 0.1) is 5.41 Å². The number of rotatable bonds is 3. The zero-order valence-electron chi connectivity index (χ0n) is 11.3. The number of aromatic nitrogens is 1. The molecule has 0 unspecified atom stereocenters. The van der Waals surface area contributed by atoms with E-state index in [1.165, 1.54) is 11.1 Å². The Kier molecular flexibility index (Phi) is 3.28. The first-order valence-corrected chi connectivity index (χ1v) is 7.47. The lowest BCUT2D eigenvalue weighted by atomic mass is 9.74. The number of thiazole rings is 1. The molecule has 0 saturated heterocycles. The van der Waals surface area contributed by atoms with Crippen LogP contribution >= 0.6 is 11.3 Å². The van der Waals surface area contributed by atoms with Gasteiger partial charge in [-0.2, -0.15) is 0 Å². The van der Waals surface area contributed by atoms with Gasteiger partial charge < -0.3 is 0 Å². The van der Waals surface area contributed by atoms with Gasteiger partial charge in [0, 0.05) is 5.38 Å². The Morgan fingerprint density at radius 3 is 1.80 bits per heavy atom. The van der Waals surface area contributed by atoms with E-state index in [2.05, 4.69) is 65.8 Å². The summed E-state index contributed by atoms with van der Waals surface area (Å²) in [6.45, 7) is 2.23. The lowest BCUT2D eigenvalue weighted by Gasteiger charge is -2.27. The highest BCUT2D eigenvalue weighted by atomic mass is 32.1. The SMILES string of the molecule is CC(c1ccccc1)(c1ccccc1)c1csc(N)[nH+]1. The Morgan fingerprint density at radius 1 is 0.900 bits per heavy atom. The predicted molar refractivity (Wildman–Crippen MR) is 83.7 cm³/mol. The van der Waals surface area contributed by atoms with Crippen LogP contribution in [0, 0.1) is 0 Å². The van der Waals surface area contributed by atoms with Crippen molar-refractivity contribution in [2.24, 2.45) is 0 Å². The van der Waals surface area contributed by atoms with Crippen LogP contribution in [0.15, 0.2) is 66.0 Å². The lowest BCUT2D eigenvalue weighted by molar-refractivity contribution is -0.371. The van der Waals surface area contributed by atoms with Gasteiger partial charge >= 0.3 is 5.13 Å². The lowest BCUT2D eigenvalue weighted by Crippen LogP contribution is -2.31. The van der Waals surface area contributed by atoms with Crippen LogP contribution in [0.1, 0.15) is 23.7 Å². The molecule has 0 amide bonds. The summed E-state index contributed by atoms with van der Waals surface area (Å²) in [5.74, 6) is 0. The predicted octanol–water partition coefficient (Wildman–Crippen LogP) is 3.50. The quantitative estimate of drug-likeness (QED) is 0.784. The van der Waals surface area contributed by atoms with Gasteiger partial charge in [-0.15, -0.1) is 0 Å². The van der Waals surface area contributed by atoms with Crippen molar-refractivity contribution in [2.75, 3.05) is 5.73 Å². The highest BCUT2D eigenvalue weighted by molar-refractivity contribution is 7.13. The molecule has 0 bridgehead atoms. The average Bonchev–Trinajstić information content (AvgIpc) is 2.95. The van der Waals surface area contributed by atoms with Crippen LogP contribution in [0.2, 0.25) is 0 Å². The Balaban J connectivity index is 2.23. The van der Waals surface area contributed by atoms with Crippen LogP contribution in [-0.2, 0) is 5.41 Å². The number of benzene rings is 2. The second kappa shape index (κ2) is 5.10. The maximum absolute atomic E-state index is 5.89. The van der Waals surface area contributed by atoms with E-state index >= 15 is 0 Å². The second-order valence-corrected chi connectivity index (χ2v) is 5.91. The van der Waals surface area contributed by atoms with E-state index in [4.69, 9.17) is 5.73 Å². The summed E-state index contributed by atoms with van der Waals surface area (Å²) in [6, 6.07) is 21.0. The highest BCUT2D eigenvalue weighted by Gasteiger charge is 2.35. The van der Waals surface area contributed by atoms with Gasteiger partial charge in [-0.3, -0.25) is 5.73 Å². The summed E-state index contributed by atoms with van der Waals surface area (Å²) >= 11 is 1.54. The molecule has 2 aromatic carbocycles. The maximum atomic E-state index is 5.89. The molecule has 0 aliphatic carbocycles. The zero-order chi connectivity index (χ0) is 14.0. The number of hydrogen-bond acceptors (Lipinski definition) is 2. The third kappa shape index (κ3) is 2.10. The molecule has 3 heteroatoms. The van der Waals surface area contributed by atoms with Gasteiger partial charge in [-0.1, -0.05) is 72.0 Å². The molecule has 0 radical (unpaired) electrons. The molecule has 3 aromatic rings. The van der Waals surface area contributed by atoms with Crippen molar-refractivity contribution in [3.8, 4) is 0 Å². The van der Waals surface area contributed by atoms with E-state index in [1.807, 2.05) is 12.1 Å². The first-order chi connectivity index (χ1) is 9.71. The Hall–Kier alpha value is -2.13. The molecule has 0 saturated carbocycles. The van der Waals surface area contributed by atoms with Crippen molar-refractivity contribution in [1.29, 1.82) is 0 Å². The molecule has 2 nitrogen and oxygen atoms in total. The number of aromatic amines is 1. The largest absolute Gasteiger partial charge is 0.329 e. The summed E-state index contributed by atoms with van der Waals surface area (Å²) < 4.78 is 0. The van der Waals surface area contributed by atoms with Gasteiger partial charge in [0.15, 0.2) is 0 Å². The topological polar surface area (TPSA) is 40.2 Å². The number of nitrogen functional groups attached to an aromatic ring is 1. The third-order valence-electron chi connectivity index (χ3n) is 3.80. The van der Waals surface area contributed by atoms with Crippen molar-refractivity contribution in [3.05, 3.63) is 82.9 Å². The summed E-state index contributed by atoms with van der Waals surface area (Å²) in [6.07, 6.45) is 0. The molecule has 0 atom stereocenters. The molecule has 0 fully saturated rings. The van der Waals surface area contributed by atoms with Crippen molar-refractivity contribution < 1.29 is 4.98 Å². The van der Waals surface area contributed by atoms with Crippen molar-refractivity contribution in [1.82, 2.24) is 0 Å². The number of H-pyrrole nitrogens is 1. The molecular formula is C17H17N2S+. The minimum Gasteiger partial charge on any atom is -0.278 e. The van der Waals surface area contributed by atoms with Crippen LogP contribution in [0.3, 0.4) is 0 Å². The molecule has 100 valence electrons. The van der Waals surface area contributed by atoms with Gasteiger partial charge in [0.1, 0.15) is 5.69 Å². The Bertz CT molecular complexity index is 650. The molecule has 0 spiro atoms. The van der Waals surface area contributed by atoms with Crippen molar-refractivity contribution in [3.63, 3.8) is 0 Å². The molecule has 1 aromatic heterocycles. The van der Waals surface area contributed by atoms with Gasteiger partial charge in [-0.05, 0) is 18.1 Å². The molecule has 3 N–H and O–H groups in total. The van der Waals surface area contributed by atoms with Crippen molar-refractivity contribution >= 4 is 16.5 Å². The summed E-state index contributed by atoms with van der Waals surface area (Å²) in [7, 11) is 0. The van der Waals surface area contributed by atoms with Crippen LogP contribution in [-0.4, -0.2) is 0 Å². The zero-order valence-corrected chi connectivity index (χ0v) is 12.2. The first kappa shape index (κ1) is 12.9. The molecule has 3 rings (SSSR count). The average molecular weight is 281 g/mol. The number of hydrogen-bond donors (Lipinski definition) is 1. The minimum absolute atomic E-state index is 0.226. The van der Waals surface area contributed by atoms with Crippen molar-refractivity contribution in [2.45, 2.75) is 12.3 Å². The summed E-state index contributed by atoms with van der Waals surface area (Å²) in [5.41, 5.74) is 9.29. The number of nitrogens with one attached hydrogen (secondary N) is 1. The summed E-state index contributed by atoms with van der Waals surface area (Å²) in [5, 5.41) is 2.84. The highest BCUT2D eigenvalue weighted by Crippen LogP contribution is 2.37. The van der Waals surface area contributed by atoms with E-state index < -0.39 is 0 Å². The molecule has 20 heavy (non-hydrogen) atoms. The third-order valence-corrected chi connectivity index (χ3v) is 4.51. The maximum Gasteiger partial charge on any atom is 0.329 e. The Labute approximate surface area is 122 Å². The standard InChI is InChI=1S/C17H16N2S/c1-17(13-8-4-2-5-9-13,14-10-6-3-7-11-14)15-12-20-16(18)19-15/h2-12H,1H3,(H2,18,19)/p+1. The fraction of sp³-hybridized carbons (Fsp3) is 0.118. The van der Waals surface area contributed by atoms with Crippen LogP contribution in [0.4, 0.5) is 5.13 Å². The van der Waals surface area contributed by atoms with E-state index in [1.54, 1.807) is 11.3 Å². The second-order valence-electron chi connectivity index (χ2n) is 5.00.